The molecule has 1 atom stereocenters. The lowest BCUT2D eigenvalue weighted by molar-refractivity contribution is -0.117. The van der Waals surface area contributed by atoms with Gasteiger partial charge in [-0.2, -0.15) is 0 Å². The van der Waals surface area contributed by atoms with Gasteiger partial charge in [0, 0.05) is 11.3 Å². The number of carbonyl (C=O) groups is 1. The largest absolute Gasteiger partial charge is 0.324 e. The molecule has 1 unspecified atom stereocenters. The summed E-state index contributed by atoms with van der Waals surface area (Å²) in [6, 6.07) is 5.86. The van der Waals surface area contributed by atoms with Gasteiger partial charge in [0.1, 0.15) is 6.04 Å². The number of nitrogens with one attached hydrogen (secondary N) is 2. The molecule has 0 saturated carbocycles. The van der Waals surface area contributed by atoms with Crippen molar-refractivity contribution in [3.63, 3.8) is 0 Å². The van der Waals surface area contributed by atoms with Gasteiger partial charge in [-0.05, 0) is 19.0 Å². The Balaban J connectivity index is 2.51. The van der Waals surface area contributed by atoms with Crippen molar-refractivity contribution in [3.05, 3.63) is 29.3 Å². The molecule has 0 aliphatic carbocycles. The van der Waals surface area contributed by atoms with E-state index in [0.29, 0.717) is 0 Å². The lowest BCUT2D eigenvalue weighted by Crippen LogP contribution is -2.23. The molecule has 1 aromatic carbocycles. The van der Waals surface area contributed by atoms with Crippen LogP contribution in [0.4, 0.5) is 5.69 Å². The summed E-state index contributed by atoms with van der Waals surface area (Å²) in [5.41, 5.74) is 3.27. The summed E-state index contributed by atoms with van der Waals surface area (Å²) in [5, 5.41) is 5.93. The molecule has 0 aromatic heterocycles. The van der Waals surface area contributed by atoms with E-state index in [1.165, 1.54) is 5.56 Å². The summed E-state index contributed by atoms with van der Waals surface area (Å²) < 4.78 is 0. The van der Waals surface area contributed by atoms with Crippen molar-refractivity contribution in [1.82, 2.24) is 5.32 Å². The van der Waals surface area contributed by atoms with Crippen LogP contribution in [-0.4, -0.2) is 13.0 Å². The highest BCUT2D eigenvalue weighted by molar-refractivity contribution is 6.03. The second-order valence-electron chi connectivity index (χ2n) is 3.45. The van der Waals surface area contributed by atoms with Crippen molar-refractivity contribution in [1.29, 1.82) is 0 Å². The van der Waals surface area contributed by atoms with E-state index < -0.39 is 0 Å². The minimum atomic E-state index is -0.184. The zero-order valence-corrected chi connectivity index (χ0v) is 8.42. The molecule has 0 radical (unpaired) electrons. The van der Waals surface area contributed by atoms with Gasteiger partial charge in [0.2, 0.25) is 5.91 Å². The molecule has 0 saturated heterocycles. The number of rotatable bonds is 2. The summed E-state index contributed by atoms with van der Waals surface area (Å²) in [7, 11) is 1.80. The van der Waals surface area contributed by atoms with E-state index in [1.807, 2.05) is 12.1 Å². The number of anilines is 1. The Bertz CT molecular complexity index is 374. The lowest BCUT2D eigenvalue weighted by atomic mass is 10.0. The van der Waals surface area contributed by atoms with Crippen LogP contribution in [-0.2, 0) is 11.2 Å². The normalized spacial score (nSPS) is 19.3. The molecule has 1 aliphatic heterocycles. The van der Waals surface area contributed by atoms with Gasteiger partial charge in [-0.15, -0.1) is 0 Å². The van der Waals surface area contributed by atoms with Crippen LogP contribution in [0.5, 0.6) is 0 Å². The van der Waals surface area contributed by atoms with E-state index in [1.54, 1.807) is 7.05 Å². The second-order valence-corrected chi connectivity index (χ2v) is 3.45. The third-order valence-electron chi connectivity index (χ3n) is 2.67. The summed E-state index contributed by atoms with van der Waals surface area (Å²) in [6.45, 7) is 2.09. The summed E-state index contributed by atoms with van der Waals surface area (Å²) in [5.74, 6) is 0.0448. The molecular weight excluding hydrogens is 176 g/mol. The average molecular weight is 190 g/mol. The molecule has 74 valence electrons. The molecule has 0 fully saturated rings. The number of amides is 1. The van der Waals surface area contributed by atoms with Gasteiger partial charge >= 0.3 is 0 Å². The number of para-hydroxylation sites is 1. The number of fused-ring (bicyclic) bond motifs is 1. The van der Waals surface area contributed by atoms with Crippen molar-refractivity contribution in [2.75, 3.05) is 12.4 Å². The van der Waals surface area contributed by atoms with E-state index in [2.05, 4.69) is 23.6 Å². The van der Waals surface area contributed by atoms with Crippen LogP contribution in [0, 0.1) is 0 Å². The number of hydrogen-bond donors (Lipinski definition) is 2. The molecule has 1 aromatic rings. The van der Waals surface area contributed by atoms with E-state index in [-0.39, 0.29) is 11.9 Å². The van der Waals surface area contributed by atoms with Crippen LogP contribution in [0.25, 0.3) is 0 Å². The van der Waals surface area contributed by atoms with Gasteiger partial charge in [-0.1, -0.05) is 25.1 Å². The molecule has 2 rings (SSSR count). The molecule has 1 amide bonds. The van der Waals surface area contributed by atoms with Gasteiger partial charge in [0.15, 0.2) is 0 Å². The molecule has 2 N–H and O–H groups in total. The minimum absolute atomic E-state index is 0.0448. The standard InChI is InChI=1S/C11H14N2O/c1-3-7-5-4-6-8-9(7)13-11(14)10(8)12-2/h4-6,10,12H,3H2,1-2H3,(H,13,14). The predicted octanol–water partition coefficient (Wildman–Crippen LogP) is 1.46. The number of benzene rings is 1. The maximum atomic E-state index is 11.6. The van der Waals surface area contributed by atoms with Gasteiger partial charge < -0.3 is 10.6 Å². The predicted molar refractivity (Wildman–Crippen MR) is 56.3 cm³/mol. The molecule has 1 aliphatic rings. The van der Waals surface area contributed by atoms with Crippen molar-refractivity contribution in [3.8, 4) is 0 Å². The first-order chi connectivity index (χ1) is 6.77. The molecule has 3 heteroatoms. The Morgan fingerprint density at radius 1 is 1.50 bits per heavy atom. The van der Waals surface area contributed by atoms with E-state index in [9.17, 15) is 4.79 Å². The third-order valence-corrected chi connectivity index (χ3v) is 2.67. The van der Waals surface area contributed by atoms with Gasteiger partial charge in [-0.3, -0.25) is 4.79 Å². The van der Waals surface area contributed by atoms with Crippen LogP contribution < -0.4 is 10.6 Å². The van der Waals surface area contributed by atoms with E-state index >= 15 is 0 Å². The van der Waals surface area contributed by atoms with Crippen molar-refractivity contribution in [2.45, 2.75) is 19.4 Å². The summed E-state index contributed by atoms with van der Waals surface area (Å²) >= 11 is 0. The average Bonchev–Trinajstić information content (AvgIpc) is 2.52. The Kier molecular flexibility index (Phi) is 2.25. The topological polar surface area (TPSA) is 41.1 Å². The monoisotopic (exact) mass is 190 g/mol. The first-order valence-corrected chi connectivity index (χ1v) is 4.87. The van der Waals surface area contributed by atoms with Crippen LogP contribution in [0.2, 0.25) is 0 Å². The van der Waals surface area contributed by atoms with Crippen molar-refractivity contribution in [2.24, 2.45) is 0 Å². The highest BCUT2D eigenvalue weighted by atomic mass is 16.2. The Morgan fingerprint density at radius 2 is 2.29 bits per heavy atom. The molecule has 1 heterocycles. The van der Waals surface area contributed by atoms with Crippen molar-refractivity contribution < 1.29 is 4.79 Å². The van der Waals surface area contributed by atoms with Gasteiger partial charge in [0.05, 0.1) is 0 Å². The number of carbonyl (C=O) groups excluding carboxylic acids is 1. The van der Waals surface area contributed by atoms with Crippen LogP contribution in [0.1, 0.15) is 24.1 Å². The highest BCUT2D eigenvalue weighted by Crippen LogP contribution is 2.33. The fraction of sp³-hybridized carbons (Fsp3) is 0.364. The van der Waals surface area contributed by atoms with Gasteiger partial charge in [0.25, 0.3) is 0 Å². The van der Waals surface area contributed by atoms with Crippen LogP contribution >= 0.6 is 0 Å². The second kappa shape index (κ2) is 3.42. The maximum absolute atomic E-state index is 11.6. The van der Waals surface area contributed by atoms with Gasteiger partial charge in [-0.25, -0.2) is 0 Å². The zero-order chi connectivity index (χ0) is 10.1. The SMILES string of the molecule is CCc1cccc2c1NC(=O)C2NC. The molecule has 0 bridgehead atoms. The van der Waals surface area contributed by atoms with Crippen molar-refractivity contribution >= 4 is 11.6 Å². The van der Waals surface area contributed by atoms with E-state index in [4.69, 9.17) is 0 Å². The molecule has 3 nitrogen and oxygen atoms in total. The van der Waals surface area contributed by atoms with E-state index in [0.717, 1.165) is 17.7 Å². The summed E-state index contributed by atoms with van der Waals surface area (Å²) in [4.78, 5) is 11.6. The fourth-order valence-electron chi connectivity index (χ4n) is 1.93. The van der Waals surface area contributed by atoms with Crippen LogP contribution in [0.3, 0.4) is 0 Å². The minimum Gasteiger partial charge on any atom is -0.324 e. The Hall–Kier alpha value is -1.35. The zero-order valence-electron chi connectivity index (χ0n) is 8.42. The Morgan fingerprint density at radius 3 is 2.93 bits per heavy atom. The fourth-order valence-corrected chi connectivity index (χ4v) is 1.93. The smallest absolute Gasteiger partial charge is 0.246 e. The Labute approximate surface area is 83.5 Å². The molecular formula is C11H14N2O. The first-order valence-electron chi connectivity index (χ1n) is 4.87. The number of hydrogen-bond acceptors (Lipinski definition) is 2. The summed E-state index contributed by atoms with van der Waals surface area (Å²) in [6.07, 6.45) is 0.944. The molecule has 0 spiro atoms. The lowest BCUT2D eigenvalue weighted by Gasteiger charge is -2.07. The first kappa shape index (κ1) is 9.21. The third kappa shape index (κ3) is 1.21. The quantitative estimate of drug-likeness (QED) is 0.741. The molecule has 14 heavy (non-hydrogen) atoms. The maximum Gasteiger partial charge on any atom is 0.246 e. The highest BCUT2D eigenvalue weighted by Gasteiger charge is 2.29. The van der Waals surface area contributed by atoms with Crippen LogP contribution in [0.15, 0.2) is 18.2 Å². The number of aryl methyl sites for hydroxylation is 1. The number of likely N-dealkylation sites (N-methyl/N-ethyl adjacent to an activating group) is 1.